The number of aryl methyl sites for hydroxylation is 1. The average Bonchev–Trinajstić information content (AvgIpc) is 2.77. The third-order valence-corrected chi connectivity index (χ3v) is 4.63. The Bertz CT molecular complexity index is 414. The van der Waals surface area contributed by atoms with Crippen LogP contribution in [0.5, 0.6) is 0 Å². The number of hydrogen-bond donors (Lipinski definition) is 1. The number of rotatable bonds is 5. The molecule has 1 aliphatic heterocycles. The molecule has 0 saturated heterocycles. The molecule has 2 atom stereocenters. The first-order chi connectivity index (χ1) is 8.65. The van der Waals surface area contributed by atoms with Crippen LogP contribution in [-0.2, 0) is 11.8 Å². The second kappa shape index (κ2) is 5.29. The minimum absolute atomic E-state index is 0.308. The van der Waals surface area contributed by atoms with Crippen molar-refractivity contribution in [1.82, 2.24) is 4.98 Å². The molecule has 2 heterocycles. The molecule has 2 heteroatoms. The quantitative estimate of drug-likeness (QED) is 0.844. The van der Waals surface area contributed by atoms with E-state index in [2.05, 4.69) is 44.1 Å². The van der Waals surface area contributed by atoms with Gasteiger partial charge in [-0.05, 0) is 36.8 Å². The molecule has 18 heavy (non-hydrogen) atoms. The Kier molecular flexibility index (Phi) is 3.94. The van der Waals surface area contributed by atoms with E-state index < -0.39 is 0 Å². The van der Waals surface area contributed by atoms with Crippen molar-refractivity contribution >= 4 is 5.82 Å². The molecule has 0 spiro atoms. The van der Waals surface area contributed by atoms with Crippen LogP contribution in [0.15, 0.2) is 12.3 Å². The van der Waals surface area contributed by atoms with Gasteiger partial charge in [-0.15, -0.1) is 0 Å². The summed E-state index contributed by atoms with van der Waals surface area (Å²) >= 11 is 0. The van der Waals surface area contributed by atoms with Crippen molar-refractivity contribution in [3.8, 4) is 0 Å². The van der Waals surface area contributed by atoms with Gasteiger partial charge in [0.05, 0.1) is 0 Å². The summed E-state index contributed by atoms with van der Waals surface area (Å²) in [6.07, 6.45) is 6.82. The molecular weight excluding hydrogens is 220 g/mol. The molecule has 1 aromatic heterocycles. The maximum atomic E-state index is 4.60. The Morgan fingerprint density at radius 3 is 2.78 bits per heavy atom. The fourth-order valence-electron chi connectivity index (χ4n) is 3.05. The fourth-order valence-corrected chi connectivity index (χ4v) is 3.05. The predicted molar refractivity (Wildman–Crippen MR) is 78.1 cm³/mol. The third-order valence-electron chi connectivity index (χ3n) is 4.63. The van der Waals surface area contributed by atoms with Crippen LogP contribution in [0.2, 0.25) is 0 Å². The lowest BCUT2D eigenvalue weighted by atomic mass is 9.73. The number of nitrogens with one attached hydrogen (secondary N) is 1. The van der Waals surface area contributed by atoms with E-state index in [0.29, 0.717) is 5.41 Å². The van der Waals surface area contributed by atoms with Crippen LogP contribution in [0.3, 0.4) is 0 Å². The number of nitrogens with zero attached hydrogens (tertiary/aromatic N) is 1. The minimum Gasteiger partial charge on any atom is -0.369 e. The topological polar surface area (TPSA) is 24.9 Å². The molecule has 1 N–H and O–H groups in total. The average molecular weight is 246 g/mol. The Labute approximate surface area is 111 Å². The first-order valence-electron chi connectivity index (χ1n) is 7.38. The van der Waals surface area contributed by atoms with Crippen molar-refractivity contribution in [2.75, 3.05) is 11.9 Å². The van der Waals surface area contributed by atoms with E-state index in [-0.39, 0.29) is 0 Å². The van der Waals surface area contributed by atoms with Crippen LogP contribution in [-0.4, -0.2) is 11.5 Å². The molecular formula is C16H26N2. The lowest BCUT2D eigenvalue weighted by molar-refractivity contribution is 0.336. The maximum absolute atomic E-state index is 4.60. The Hall–Kier alpha value is -1.05. The van der Waals surface area contributed by atoms with Gasteiger partial charge in [-0.2, -0.15) is 0 Å². The monoisotopic (exact) mass is 246 g/mol. The summed E-state index contributed by atoms with van der Waals surface area (Å²) in [7, 11) is 0. The van der Waals surface area contributed by atoms with Gasteiger partial charge >= 0.3 is 0 Å². The number of hydrogen-bond acceptors (Lipinski definition) is 2. The summed E-state index contributed by atoms with van der Waals surface area (Å²) in [5.74, 6) is 1.90. The van der Waals surface area contributed by atoms with Gasteiger partial charge in [0.25, 0.3) is 0 Å². The lowest BCUT2D eigenvalue weighted by Gasteiger charge is -2.30. The minimum atomic E-state index is 0.308. The molecule has 0 bridgehead atoms. The van der Waals surface area contributed by atoms with Crippen molar-refractivity contribution < 1.29 is 0 Å². The van der Waals surface area contributed by atoms with Crippen molar-refractivity contribution in [3.05, 3.63) is 23.4 Å². The van der Waals surface area contributed by atoms with Crippen LogP contribution >= 0.6 is 0 Å². The smallest absolute Gasteiger partial charge is 0.129 e. The van der Waals surface area contributed by atoms with Crippen molar-refractivity contribution in [2.45, 2.75) is 58.8 Å². The van der Waals surface area contributed by atoms with Crippen molar-refractivity contribution in [3.63, 3.8) is 0 Å². The molecule has 2 unspecified atom stereocenters. The molecule has 0 saturated carbocycles. The highest BCUT2D eigenvalue weighted by Crippen LogP contribution is 2.43. The largest absolute Gasteiger partial charge is 0.369 e. The van der Waals surface area contributed by atoms with E-state index in [1.807, 2.05) is 6.20 Å². The van der Waals surface area contributed by atoms with E-state index in [0.717, 1.165) is 24.7 Å². The lowest BCUT2D eigenvalue weighted by Crippen LogP contribution is -2.30. The first kappa shape index (κ1) is 13.4. The fraction of sp³-hybridized carbons (Fsp3) is 0.688. The Balaban J connectivity index is 2.36. The van der Waals surface area contributed by atoms with Gasteiger partial charge in [-0.3, -0.25) is 0 Å². The zero-order chi connectivity index (χ0) is 13.2. The van der Waals surface area contributed by atoms with Gasteiger partial charge < -0.3 is 5.32 Å². The van der Waals surface area contributed by atoms with Gasteiger partial charge in [-0.25, -0.2) is 4.98 Å². The molecule has 2 rings (SSSR count). The second-order valence-corrected chi connectivity index (χ2v) is 5.80. The predicted octanol–water partition coefficient (Wildman–Crippen LogP) is 4.15. The molecule has 0 aliphatic carbocycles. The zero-order valence-electron chi connectivity index (χ0n) is 12.2. The number of aromatic nitrogens is 1. The normalized spacial score (nSPS) is 23.6. The highest BCUT2D eigenvalue weighted by atomic mass is 15.0. The highest BCUT2D eigenvalue weighted by molar-refractivity contribution is 5.56. The molecule has 100 valence electrons. The van der Waals surface area contributed by atoms with E-state index >= 15 is 0 Å². The number of anilines is 1. The van der Waals surface area contributed by atoms with E-state index in [4.69, 9.17) is 0 Å². The highest BCUT2D eigenvalue weighted by Gasteiger charge is 2.38. The summed E-state index contributed by atoms with van der Waals surface area (Å²) in [6, 6.07) is 2.38. The maximum Gasteiger partial charge on any atom is 0.129 e. The summed E-state index contributed by atoms with van der Waals surface area (Å²) in [5.41, 5.74) is 3.13. The second-order valence-electron chi connectivity index (χ2n) is 5.80. The summed E-state index contributed by atoms with van der Waals surface area (Å²) < 4.78 is 0. The van der Waals surface area contributed by atoms with E-state index in [1.54, 1.807) is 0 Å². The van der Waals surface area contributed by atoms with Gasteiger partial charge in [-0.1, -0.05) is 34.1 Å². The van der Waals surface area contributed by atoms with Gasteiger partial charge in [0.1, 0.15) is 5.82 Å². The molecule has 0 aromatic carbocycles. The molecule has 0 radical (unpaired) electrons. The molecule has 1 aromatic rings. The van der Waals surface area contributed by atoms with Gasteiger partial charge in [0, 0.05) is 23.7 Å². The Morgan fingerprint density at radius 2 is 2.17 bits per heavy atom. The molecule has 2 nitrogen and oxygen atoms in total. The molecule has 0 amide bonds. The van der Waals surface area contributed by atoms with Gasteiger partial charge in [0.2, 0.25) is 0 Å². The summed E-state index contributed by atoms with van der Waals surface area (Å²) in [6.45, 7) is 10.2. The van der Waals surface area contributed by atoms with Crippen LogP contribution in [0, 0.1) is 5.92 Å². The number of fused-ring (bicyclic) bond motifs is 1. The third kappa shape index (κ3) is 2.25. The van der Waals surface area contributed by atoms with Crippen LogP contribution in [0.25, 0.3) is 0 Å². The Morgan fingerprint density at radius 1 is 1.39 bits per heavy atom. The van der Waals surface area contributed by atoms with Crippen LogP contribution in [0.4, 0.5) is 5.82 Å². The van der Waals surface area contributed by atoms with E-state index in [9.17, 15) is 0 Å². The van der Waals surface area contributed by atoms with Crippen LogP contribution < -0.4 is 5.32 Å². The first-order valence-corrected chi connectivity index (χ1v) is 7.38. The van der Waals surface area contributed by atoms with E-state index in [1.165, 1.54) is 30.4 Å². The van der Waals surface area contributed by atoms with Crippen LogP contribution in [0.1, 0.15) is 58.1 Å². The van der Waals surface area contributed by atoms with Crippen molar-refractivity contribution in [2.24, 2.45) is 5.92 Å². The standard InChI is InChI=1S/C16H26N2/c1-5-12(4)9-16(7-3)11-18-15-14(16)8-13(6-2)10-17-15/h8,10,12H,5-7,9,11H2,1-4H3,(H,17,18). The summed E-state index contributed by atoms with van der Waals surface area (Å²) in [5, 5.41) is 3.51. The SMILES string of the molecule is CCc1cnc2c(c1)C(CC)(CC(C)CC)CN2. The molecule has 0 fully saturated rings. The molecule has 1 aliphatic rings. The van der Waals surface area contributed by atoms with Gasteiger partial charge in [0.15, 0.2) is 0 Å². The van der Waals surface area contributed by atoms with Crippen molar-refractivity contribution in [1.29, 1.82) is 0 Å². The summed E-state index contributed by atoms with van der Waals surface area (Å²) in [4.78, 5) is 4.60. The zero-order valence-corrected chi connectivity index (χ0v) is 12.2. The number of pyridine rings is 1.